The second-order valence-corrected chi connectivity index (χ2v) is 6.85. The van der Waals surface area contributed by atoms with Crippen LogP contribution in [0.3, 0.4) is 0 Å². The van der Waals surface area contributed by atoms with Crippen molar-refractivity contribution < 1.29 is 19.5 Å². The normalized spacial score (nSPS) is 16.5. The Kier molecular flexibility index (Phi) is 5.93. The Bertz CT molecular complexity index is 862. The van der Waals surface area contributed by atoms with E-state index in [9.17, 15) is 14.4 Å². The fraction of sp³-hybridized carbons (Fsp3) is 0.286. The molecule has 146 valence electrons. The molecule has 0 saturated carbocycles. The summed E-state index contributed by atoms with van der Waals surface area (Å²) in [7, 11) is 0. The van der Waals surface area contributed by atoms with Gasteiger partial charge in [0, 0.05) is 18.8 Å². The molecule has 1 unspecified atom stereocenters. The molecule has 2 aromatic rings. The van der Waals surface area contributed by atoms with E-state index in [0.29, 0.717) is 13.0 Å². The van der Waals surface area contributed by atoms with Crippen LogP contribution in [0.1, 0.15) is 34.3 Å². The standard InChI is InChI=1S/C21H23N3O4/c1-14-4-10-17(11-5-14)24-12-2-3-18(19(24)25)23-21(28)22-13-15-6-8-16(9-7-15)20(26)27/h4-11,18H,2-3,12-13H2,1H3,(H,26,27)(H2,22,23,28). The number of piperidine rings is 1. The first kappa shape index (κ1) is 19.4. The van der Waals surface area contributed by atoms with Gasteiger partial charge in [0.2, 0.25) is 5.91 Å². The van der Waals surface area contributed by atoms with E-state index in [1.54, 1.807) is 17.0 Å². The molecular formula is C21H23N3O4. The van der Waals surface area contributed by atoms with Gasteiger partial charge in [-0.1, -0.05) is 29.8 Å². The maximum absolute atomic E-state index is 12.7. The van der Waals surface area contributed by atoms with Crippen molar-refractivity contribution in [1.29, 1.82) is 0 Å². The maximum Gasteiger partial charge on any atom is 0.335 e. The van der Waals surface area contributed by atoms with Crippen molar-refractivity contribution >= 4 is 23.6 Å². The van der Waals surface area contributed by atoms with Gasteiger partial charge in [-0.05, 0) is 49.6 Å². The minimum absolute atomic E-state index is 0.115. The lowest BCUT2D eigenvalue weighted by Crippen LogP contribution is -2.54. The lowest BCUT2D eigenvalue weighted by Gasteiger charge is -2.32. The number of nitrogens with one attached hydrogen (secondary N) is 2. The lowest BCUT2D eigenvalue weighted by molar-refractivity contribution is -0.121. The van der Waals surface area contributed by atoms with Gasteiger partial charge in [0.25, 0.3) is 0 Å². The Hall–Kier alpha value is -3.35. The SMILES string of the molecule is Cc1ccc(N2CCCC(NC(=O)NCc3ccc(C(=O)O)cc3)C2=O)cc1. The Labute approximate surface area is 163 Å². The quantitative estimate of drug-likeness (QED) is 0.741. The van der Waals surface area contributed by atoms with Crippen LogP contribution >= 0.6 is 0 Å². The molecule has 3 rings (SSSR count). The van der Waals surface area contributed by atoms with E-state index >= 15 is 0 Å². The molecule has 7 nitrogen and oxygen atoms in total. The first-order valence-corrected chi connectivity index (χ1v) is 9.18. The monoisotopic (exact) mass is 381 g/mol. The molecule has 0 aromatic heterocycles. The van der Waals surface area contributed by atoms with Gasteiger partial charge in [-0.15, -0.1) is 0 Å². The predicted molar refractivity (Wildman–Crippen MR) is 105 cm³/mol. The van der Waals surface area contributed by atoms with Crippen molar-refractivity contribution in [3.05, 3.63) is 65.2 Å². The molecule has 28 heavy (non-hydrogen) atoms. The third-order valence-corrected chi connectivity index (χ3v) is 4.74. The van der Waals surface area contributed by atoms with Crippen LogP contribution in [0.2, 0.25) is 0 Å². The number of urea groups is 1. The van der Waals surface area contributed by atoms with Crippen LogP contribution in [0.25, 0.3) is 0 Å². The number of carbonyl (C=O) groups is 3. The number of carboxylic acids is 1. The van der Waals surface area contributed by atoms with Crippen molar-refractivity contribution in [2.75, 3.05) is 11.4 Å². The summed E-state index contributed by atoms with van der Waals surface area (Å²) in [6, 6.07) is 13.0. The highest BCUT2D eigenvalue weighted by atomic mass is 16.4. The zero-order valence-corrected chi connectivity index (χ0v) is 15.6. The summed E-state index contributed by atoms with van der Waals surface area (Å²) in [5, 5.41) is 14.4. The molecule has 3 N–H and O–H groups in total. The number of carbonyl (C=O) groups excluding carboxylic acids is 2. The zero-order chi connectivity index (χ0) is 20.1. The van der Waals surface area contributed by atoms with Crippen molar-refractivity contribution in [2.45, 2.75) is 32.4 Å². The molecule has 1 aliphatic heterocycles. The van der Waals surface area contributed by atoms with Crippen LogP contribution in [0.5, 0.6) is 0 Å². The molecule has 7 heteroatoms. The molecule has 1 aliphatic rings. The number of rotatable bonds is 5. The van der Waals surface area contributed by atoms with E-state index in [4.69, 9.17) is 5.11 Å². The van der Waals surface area contributed by atoms with E-state index in [-0.39, 0.29) is 18.0 Å². The number of carboxylic acid groups (broad SMARTS) is 1. The number of hydrogen-bond acceptors (Lipinski definition) is 3. The summed E-state index contributed by atoms with van der Waals surface area (Å²) < 4.78 is 0. The smallest absolute Gasteiger partial charge is 0.335 e. The van der Waals surface area contributed by atoms with Crippen LogP contribution in [-0.4, -0.2) is 35.6 Å². The fourth-order valence-corrected chi connectivity index (χ4v) is 3.15. The van der Waals surface area contributed by atoms with E-state index in [0.717, 1.165) is 23.2 Å². The lowest BCUT2D eigenvalue weighted by atomic mass is 10.0. The van der Waals surface area contributed by atoms with Gasteiger partial charge in [0.15, 0.2) is 0 Å². The second kappa shape index (κ2) is 8.56. The predicted octanol–water partition coefficient (Wildman–Crippen LogP) is 2.69. The molecule has 1 heterocycles. The summed E-state index contributed by atoms with van der Waals surface area (Å²) in [6.45, 7) is 2.87. The van der Waals surface area contributed by atoms with Crippen molar-refractivity contribution in [2.24, 2.45) is 0 Å². The van der Waals surface area contributed by atoms with Gasteiger partial charge >= 0.3 is 12.0 Å². The Morgan fingerprint density at radius 3 is 2.43 bits per heavy atom. The Morgan fingerprint density at radius 2 is 1.79 bits per heavy atom. The summed E-state index contributed by atoms with van der Waals surface area (Å²) in [5.41, 5.74) is 2.92. The number of hydrogen-bond donors (Lipinski definition) is 3. The van der Waals surface area contributed by atoms with Crippen molar-refractivity contribution in [3.8, 4) is 0 Å². The van der Waals surface area contributed by atoms with Crippen LogP contribution in [-0.2, 0) is 11.3 Å². The Morgan fingerprint density at radius 1 is 1.11 bits per heavy atom. The molecule has 1 fully saturated rings. The maximum atomic E-state index is 12.7. The second-order valence-electron chi connectivity index (χ2n) is 6.85. The number of nitrogens with zero attached hydrogens (tertiary/aromatic N) is 1. The van der Waals surface area contributed by atoms with Gasteiger partial charge in [-0.2, -0.15) is 0 Å². The molecule has 0 aliphatic carbocycles. The average Bonchev–Trinajstić information content (AvgIpc) is 2.69. The first-order valence-electron chi connectivity index (χ1n) is 9.18. The van der Waals surface area contributed by atoms with E-state index in [2.05, 4.69) is 10.6 Å². The number of aryl methyl sites for hydroxylation is 1. The van der Waals surface area contributed by atoms with Crippen LogP contribution in [0, 0.1) is 6.92 Å². The third kappa shape index (κ3) is 4.68. The highest BCUT2D eigenvalue weighted by Gasteiger charge is 2.30. The minimum atomic E-state index is -0.994. The molecule has 0 bridgehead atoms. The average molecular weight is 381 g/mol. The van der Waals surface area contributed by atoms with Crippen molar-refractivity contribution in [3.63, 3.8) is 0 Å². The fourth-order valence-electron chi connectivity index (χ4n) is 3.15. The van der Waals surface area contributed by atoms with Gasteiger partial charge < -0.3 is 20.6 Å². The topological polar surface area (TPSA) is 98.7 Å². The summed E-state index contributed by atoms with van der Waals surface area (Å²) >= 11 is 0. The van der Waals surface area contributed by atoms with Gasteiger partial charge in [-0.25, -0.2) is 9.59 Å². The first-order chi connectivity index (χ1) is 13.4. The third-order valence-electron chi connectivity index (χ3n) is 4.74. The number of aromatic carboxylic acids is 1. The largest absolute Gasteiger partial charge is 0.478 e. The van der Waals surface area contributed by atoms with Gasteiger partial charge in [0.1, 0.15) is 6.04 Å². The van der Waals surface area contributed by atoms with Crippen molar-refractivity contribution in [1.82, 2.24) is 10.6 Å². The molecule has 0 radical (unpaired) electrons. The highest BCUT2D eigenvalue weighted by molar-refractivity contribution is 5.99. The highest BCUT2D eigenvalue weighted by Crippen LogP contribution is 2.21. The van der Waals surface area contributed by atoms with Gasteiger partial charge in [-0.3, -0.25) is 4.79 Å². The number of benzene rings is 2. The summed E-state index contributed by atoms with van der Waals surface area (Å²) in [6.07, 6.45) is 1.41. The summed E-state index contributed by atoms with van der Waals surface area (Å²) in [5.74, 6) is -1.11. The van der Waals surface area contributed by atoms with Crippen LogP contribution in [0.4, 0.5) is 10.5 Å². The zero-order valence-electron chi connectivity index (χ0n) is 15.6. The summed E-state index contributed by atoms with van der Waals surface area (Å²) in [4.78, 5) is 37.5. The molecule has 2 aromatic carbocycles. The van der Waals surface area contributed by atoms with E-state index in [1.807, 2.05) is 31.2 Å². The van der Waals surface area contributed by atoms with E-state index in [1.165, 1.54) is 12.1 Å². The molecule has 1 atom stereocenters. The van der Waals surface area contributed by atoms with Crippen LogP contribution < -0.4 is 15.5 Å². The minimum Gasteiger partial charge on any atom is -0.478 e. The molecule has 3 amide bonds. The number of anilines is 1. The Balaban J connectivity index is 1.55. The molecule has 1 saturated heterocycles. The number of amides is 3. The molecule has 0 spiro atoms. The van der Waals surface area contributed by atoms with Crippen LogP contribution in [0.15, 0.2) is 48.5 Å². The van der Waals surface area contributed by atoms with Gasteiger partial charge in [0.05, 0.1) is 5.56 Å². The van der Waals surface area contributed by atoms with E-state index < -0.39 is 18.0 Å². The molecular weight excluding hydrogens is 358 g/mol.